The summed E-state index contributed by atoms with van der Waals surface area (Å²) in [6.45, 7) is 0. The molecule has 4 heteroatoms. The van der Waals surface area contributed by atoms with Crippen LogP contribution in [-0.2, 0) is 4.79 Å². The van der Waals surface area contributed by atoms with Gasteiger partial charge < -0.3 is 15.3 Å². The van der Waals surface area contributed by atoms with Gasteiger partial charge in [0.25, 0.3) is 0 Å². The Morgan fingerprint density at radius 3 is 2.73 bits per heavy atom. The summed E-state index contributed by atoms with van der Waals surface area (Å²) in [6.07, 6.45) is 2.26. The van der Waals surface area contributed by atoms with Crippen LogP contribution in [-0.4, -0.2) is 33.3 Å². The molecule has 1 aliphatic carbocycles. The van der Waals surface area contributed by atoms with Gasteiger partial charge in [0.15, 0.2) is 11.9 Å². The molecule has 0 aromatic rings. The van der Waals surface area contributed by atoms with Crippen LogP contribution in [0.15, 0.2) is 24.0 Å². The molecular weight excluding hydrogens is 148 g/mol. The predicted molar refractivity (Wildman–Crippen MR) is 36.9 cm³/mol. The molecule has 0 saturated carbocycles. The Labute approximate surface area is 63.1 Å². The highest BCUT2D eigenvalue weighted by Crippen LogP contribution is 2.19. The highest BCUT2D eigenvalue weighted by Gasteiger charge is 2.37. The highest BCUT2D eigenvalue weighted by atomic mass is 16.4. The number of aldehydes is 1. The molecular formula is C7H8O4. The number of carbonyl (C=O) groups is 1. The van der Waals surface area contributed by atoms with E-state index >= 15 is 0 Å². The predicted octanol–water partition coefficient (Wildman–Crippen LogP) is -0.711. The molecule has 60 valence electrons. The van der Waals surface area contributed by atoms with Crippen molar-refractivity contribution in [3.8, 4) is 0 Å². The Hall–Kier alpha value is -1.13. The summed E-state index contributed by atoms with van der Waals surface area (Å²) in [5.41, 5.74) is -1.97. The third-order valence-corrected chi connectivity index (χ3v) is 1.54. The topological polar surface area (TPSA) is 77.8 Å². The van der Waals surface area contributed by atoms with Gasteiger partial charge in [0, 0.05) is 0 Å². The normalized spacial score (nSPS) is 36.5. The Morgan fingerprint density at radius 2 is 2.27 bits per heavy atom. The van der Waals surface area contributed by atoms with Gasteiger partial charge in [-0.15, -0.1) is 0 Å². The fraction of sp³-hybridized carbons (Fsp3) is 0.286. The number of rotatable bonds is 1. The van der Waals surface area contributed by atoms with Crippen molar-refractivity contribution in [1.29, 1.82) is 0 Å². The summed E-state index contributed by atoms with van der Waals surface area (Å²) in [5.74, 6) is -0.415. The molecule has 0 heterocycles. The van der Waals surface area contributed by atoms with Crippen molar-refractivity contribution < 1.29 is 20.1 Å². The second kappa shape index (κ2) is 2.48. The van der Waals surface area contributed by atoms with Crippen molar-refractivity contribution in [3.05, 3.63) is 24.0 Å². The lowest BCUT2D eigenvalue weighted by Gasteiger charge is -2.25. The fourth-order valence-corrected chi connectivity index (χ4v) is 0.824. The van der Waals surface area contributed by atoms with Crippen LogP contribution in [0.5, 0.6) is 0 Å². The molecule has 2 unspecified atom stereocenters. The summed E-state index contributed by atoms with van der Waals surface area (Å²) >= 11 is 0. The third-order valence-electron chi connectivity index (χ3n) is 1.54. The summed E-state index contributed by atoms with van der Waals surface area (Å²) < 4.78 is 0. The maximum Gasteiger partial charge on any atom is 0.171 e. The minimum absolute atomic E-state index is 0.178. The molecule has 3 N–H and O–H groups in total. The van der Waals surface area contributed by atoms with Gasteiger partial charge in [0.05, 0.1) is 0 Å². The molecule has 0 amide bonds. The molecule has 0 aromatic carbocycles. The quantitative estimate of drug-likeness (QED) is 0.438. The second-order valence-electron chi connectivity index (χ2n) is 2.36. The molecule has 0 fully saturated rings. The van der Waals surface area contributed by atoms with Crippen LogP contribution < -0.4 is 0 Å². The Kier molecular flexibility index (Phi) is 1.80. The van der Waals surface area contributed by atoms with Crippen LogP contribution in [0.1, 0.15) is 0 Å². The minimum Gasteiger partial charge on any atom is -0.509 e. The monoisotopic (exact) mass is 156 g/mol. The zero-order chi connectivity index (χ0) is 8.48. The number of hydrogen-bond acceptors (Lipinski definition) is 4. The average molecular weight is 156 g/mol. The second-order valence-corrected chi connectivity index (χ2v) is 2.36. The van der Waals surface area contributed by atoms with Gasteiger partial charge in [-0.25, -0.2) is 0 Å². The first-order valence-corrected chi connectivity index (χ1v) is 3.05. The summed E-state index contributed by atoms with van der Waals surface area (Å²) in [6, 6.07) is 0. The van der Waals surface area contributed by atoms with E-state index in [1.807, 2.05) is 0 Å². The molecule has 0 radical (unpaired) electrons. The SMILES string of the molecule is O=CC1(O)C=CC=C(O)C1O. The molecule has 2 atom stereocenters. The Balaban J connectivity index is 2.97. The van der Waals surface area contributed by atoms with Crippen LogP contribution in [0.25, 0.3) is 0 Å². The van der Waals surface area contributed by atoms with Gasteiger partial charge in [-0.3, -0.25) is 4.79 Å². The van der Waals surface area contributed by atoms with Gasteiger partial charge >= 0.3 is 0 Å². The molecule has 0 spiro atoms. The van der Waals surface area contributed by atoms with E-state index in [2.05, 4.69) is 0 Å². The zero-order valence-corrected chi connectivity index (χ0v) is 5.64. The largest absolute Gasteiger partial charge is 0.509 e. The van der Waals surface area contributed by atoms with Crippen molar-refractivity contribution in [1.82, 2.24) is 0 Å². The first kappa shape index (κ1) is 7.97. The lowest BCUT2D eigenvalue weighted by atomic mass is 9.93. The molecule has 0 aromatic heterocycles. The molecule has 0 bridgehead atoms. The first-order valence-electron chi connectivity index (χ1n) is 3.05. The number of carbonyl (C=O) groups excluding carboxylic acids is 1. The van der Waals surface area contributed by atoms with E-state index in [4.69, 9.17) is 10.2 Å². The standard InChI is InChI=1S/C7H8O4/c8-4-7(11)3-1-2-5(9)6(7)10/h1-4,6,9-11H. The van der Waals surface area contributed by atoms with Gasteiger partial charge in [-0.1, -0.05) is 6.08 Å². The van der Waals surface area contributed by atoms with Gasteiger partial charge in [0.2, 0.25) is 0 Å². The van der Waals surface area contributed by atoms with Crippen LogP contribution in [0, 0.1) is 0 Å². The van der Waals surface area contributed by atoms with Gasteiger partial charge in [0.1, 0.15) is 11.9 Å². The number of allylic oxidation sites excluding steroid dienone is 2. The number of hydrogen-bond donors (Lipinski definition) is 3. The van der Waals surface area contributed by atoms with E-state index in [-0.39, 0.29) is 6.29 Å². The van der Waals surface area contributed by atoms with Gasteiger partial charge in [-0.05, 0) is 12.2 Å². The average Bonchev–Trinajstić information content (AvgIpc) is 2.00. The van der Waals surface area contributed by atoms with Crippen molar-refractivity contribution in [2.24, 2.45) is 0 Å². The molecule has 11 heavy (non-hydrogen) atoms. The van der Waals surface area contributed by atoms with Crippen molar-refractivity contribution in [2.45, 2.75) is 11.7 Å². The first-order chi connectivity index (χ1) is 5.10. The van der Waals surface area contributed by atoms with Crippen LogP contribution in [0.2, 0.25) is 0 Å². The molecule has 0 aliphatic heterocycles. The third kappa shape index (κ3) is 1.18. The van der Waals surface area contributed by atoms with Gasteiger partial charge in [-0.2, -0.15) is 0 Å². The minimum atomic E-state index is -1.97. The molecule has 4 nitrogen and oxygen atoms in total. The van der Waals surface area contributed by atoms with Crippen molar-refractivity contribution in [3.63, 3.8) is 0 Å². The van der Waals surface area contributed by atoms with E-state index in [1.165, 1.54) is 12.2 Å². The number of aliphatic hydroxyl groups excluding tert-OH is 2. The van der Waals surface area contributed by atoms with E-state index in [1.54, 1.807) is 0 Å². The van der Waals surface area contributed by atoms with Crippen LogP contribution in [0.4, 0.5) is 0 Å². The maximum atomic E-state index is 10.2. The molecule has 1 rings (SSSR count). The van der Waals surface area contributed by atoms with E-state index in [0.717, 1.165) is 6.08 Å². The smallest absolute Gasteiger partial charge is 0.171 e. The summed E-state index contributed by atoms with van der Waals surface area (Å²) in [7, 11) is 0. The summed E-state index contributed by atoms with van der Waals surface area (Å²) in [5, 5.41) is 27.1. The maximum absolute atomic E-state index is 10.2. The van der Waals surface area contributed by atoms with Crippen molar-refractivity contribution in [2.75, 3.05) is 0 Å². The summed E-state index contributed by atoms with van der Waals surface area (Å²) in [4.78, 5) is 10.2. The lowest BCUT2D eigenvalue weighted by molar-refractivity contribution is -0.128. The van der Waals surface area contributed by atoms with Crippen LogP contribution in [0.3, 0.4) is 0 Å². The zero-order valence-electron chi connectivity index (χ0n) is 5.64. The lowest BCUT2D eigenvalue weighted by Crippen LogP contribution is -2.44. The molecule has 0 saturated heterocycles. The van der Waals surface area contributed by atoms with E-state index in [0.29, 0.717) is 0 Å². The van der Waals surface area contributed by atoms with E-state index < -0.39 is 17.5 Å². The van der Waals surface area contributed by atoms with Crippen molar-refractivity contribution >= 4 is 6.29 Å². The fourth-order valence-electron chi connectivity index (χ4n) is 0.824. The Bertz CT molecular complexity index is 231. The van der Waals surface area contributed by atoms with Crippen LogP contribution >= 0.6 is 0 Å². The Morgan fingerprint density at radius 1 is 1.64 bits per heavy atom. The number of aliphatic hydroxyl groups is 3. The van der Waals surface area contributed by atoms with E-state index in [9.17, 15) is 9.90 Å². The molecule has 1 aliphatic rings. The highest BCUT2D eigenvalue weighted by molar-refractivity contribution is 5.69.